The third-order valence-corrected chi connectivity index (χ3v) is 12.6. The number of hydrogen-bond donors (Lipinski definition) is 0. The first kappa shape index (κ1) is 35.8. The molecule has 0 saturated carbocycles. The van der Waals surface area contributed by atoms with Crippen LogP contribution in [0, 0.1) is 0 Å². The van der Waals surface area contributed by atoms with Gasteiger partial charge in [-0.05, 0) is 157 Å². The first-order valence-electron chi connectivity index (χ1n) is 21.1. The minimum atomic E-state index is 0.0897. The fourth-order valence-corrected chi connectivity index (χ4v) is 9.38. The highest BCUT2D eigenvalue weighted by Crippen LogP contribution is 2.48. The molecule has 0 aliphatic rings. The molecule has 284 valence electrons. The summed E-state index contributed by atoms with van der Waals surface area (Å²) in [5, 5.41) is 12.4. The van der Waals surface area contributed by atoms with E-state index in [2.05, 4.69) is 233 Å². The molecule has 0 N–H and O–H groups in total. The zero-order valence-corrected chi connectivity index (χ0v) is 34.2. The van der Waals surface area contributed by atoms with Gasteiger partial charge in [-0.15, -0.1) is 0 Å². The third-order valence-electron chi connectivity index (χ3n) is 12.6. The van der Waals surface area contributed by atoms with Crippen LogP contribution >= 0.6 is 0 Å². The van der Waals surface area contributed by atoms with Crippen LogP contribution in [0.2, 0.25) is 0 Å². The molecule has 0 heteroatoms. The van der Waals surface area contributed by atoms with Gasteiger partial charge in [-0.3, -0.25) is 0 Å². The maximum absolute atomic E-state index is 2.47. The number of rotatable bonds is 5. The summed E-state index contributed by atoms with van der Waals surface area (Å²) in [4.78, 5) is 0. The SMILES string of the molecule is CC(C)(C)c1ccc(-c2ccc3c(c2)c(-c2ccc4ccccc4c2)c(-c2ccc4ccccc4c2)c2cc(-c4cc5ccccc5cc4-c4ccccc4)ccc23)cc1. The quantitative estimate of drug-likeness (QED) is 0.153. The Hall–Kier alpha value is -7.28. The van der Waals surface area contributed by atoms with Crippen LogP contribution in [0.15, 0.2) is 212 Å². The van der Waals surface area contributed by atoms with Gasteiger partial charge in [-0.2, -0.15) is 0 Å². The molecule has 0 spiro atoms. The van der Waals surface area contributed by atoms with Gasteiger partial charge in [0, 0.05) is 0 Å². The highest BCUT2D eigenvalue weighted by Gasteiger charge is 2.21. The molecule has 0 aromatic heterocycles. The molecule has 0 unspecified atom stereocenters. The lowest BCUT2D eigenvalue weighted by molar-refractivity contribution is 0.590. The molecular formula is C60H44. The molecule has 0 fully saturated rings. The second-order valence-electron chi connectivity index (χ2n) is 17.3. The summed E-state index contributed by atoms with van der Waals surface area (Å²) in [5.74, 6) is 0. The second kappa shape index (κ2) is 14.2. The Bertz CT molecular complexity index is 3430. The maximum atomic E-state index is 2.47. The van der Waals surface area contributed by atoms with Crippen molar-refractivity contribution < 1.29 is 0 Å². The van der Waals surface area contributed by atoms with Gasteiger partial charge in [0.1, 0.15) is 0 Å². The molecule has 0 nitrogen and oxygen atoms in total. The van der Waals surface area contributed by atoms with Crippen molar-refractivity contribution in [1.82, 2.24) is 0 Å². The van der Waals surface area contributed by atoms with Crippen molar-refractivity contribution in [3.8, 4) is 55.6 Å². The van der Waals surface area contributed by atoms with Gasteiger partial charge >= 0.3 is 0 Å². The smallest absolute Gasteiger partial charge is 0.00199 e. The van der Waals surface area contributed by atoms with Gasteiger partial charge in [-0.1, -0.05) is 197 Å². The first-order valence-corrected chi connectivity index (χ1v) is 21.1. The van der Waals surface area contributed by atoms with Crippen molar-refractivity contribution in [2.45, 2.75) is 26.2 Å². The van der Waals surface area contributed by atoms with Crippen molar-refractivity contribution in [2.24, 2.45) is 0 Å². The van der Waals surface area contributed by atoms with Crippen LogP contribution < -0.4 is 0 Å². The fourth-order valence-electron chi connectivity index (χ4n) is 9.38. The summed E-state index contributed by atoms with van der Waals surface area (Å²) in [5.41, 5.74) is 13.7. The maximum Gasteiger partial charge on any atom is -0.00199 e. The fraction of sp³-hybridized carbons (Fsp3) is 0.0667. The summed E-state index contributed by atoms with van der Waals surface area (Å²) < 4.78 is 0. The van der Waals surface area contributed by atoms with E-state index in [9.17, 15) is 0 Å². The van der Waals surface area contributed by atoms with Gasteiger partial charge < -0.3 is 0 Å². The average Bonchev–Trinajstić information content (AvgIpc) is 3.30. The van der Waals surface area contributed by atoms with Crippen molar-refractivity contribution >= 4 is 53.9 Å². The normalized spacial score (nSPS) is 11.9. The van der Waals surface area contributed by atoms with Crippen LogP contribution in [-0.2, 0) is 5.41 Å². The molecule has 0 bridgehead atoms. The van der Waals surface area contributed by atoms with Crippen LogP contribution in [-0.4, -0.2) is 0 Å². The molecule has 11 aromatic rings. The number of benzene rings is 11. The van der Waals surface area contributed by atoms with Gasteiger partial charge in [0.15, 0.2) is 0 Å². The van der Waals surface area contributed by atoms with E-state index in [1.54, 1.807) is 0 Å². The monoisotopic (exact) mass is 764 g/mol. The summed E-state index contributed by atoms with van der Waals surface area (Å²) in [6, 6.07) is 79.3. The van der Waals surface area contributed by atoms with Crippen LogP contribution in [0.3, 0.4) is 0 Å². The molecule has 0 saturated heterocycles. The predicted molar refractivity (Wildman–Crippen MR) is 260 cm³/mol. The van der Waals surface area contributed by atoms with E-state index in [1.807, 2.05) is 0 Å². The van der Waals surface area contributed by atoms with Crippen LogP contribution in [0.5, 0.6) is 0 Å². The Morgan fingerprint density at radius 1 is 0.250 bits per heavy atom. The van der Waals surface area contributed by atoms with Crippen LogP contribution in [0.4, 0.5) is 0 Å². The Labute approximate surface area is 352 Å². The molecule has 0 heterocycles. The molecule has 11 rings (SSSR count). The number of fused-ring (bicyclic) bond motifs is 6. The lowest BCUT2D eigenvalue weighted by atomic mass is 9.82. The van der Waals surface area contributed by atoms with E-state index in [-0.39, 0.29) is 5.41 Å². The van der Waals surface area contributed by atoms with Gasteiger partial charge in [0.05, 0.1) is 0 Å². The van der Waals surface area contributed by atoms with Gasteiger partial charge in [0.25, 0.3) is 0 Å². The first-order chi connectivity index (χ1) is 29.4. The Morgan fingerprint density at radius 3 is 1.17 bits per heavy atom. The summed E-state index contributed by atoms with van der Waals surface area (Å²) >= 11 is 0. The van der Waals surface area contributed by atoms with E-state index in [0.29, 0.717) is 0 Å². The summed E-state index contributed by atoms with van der Waals surface area (Å²) in [7, 11) is 0. The average molecular weight is 765 g/mol. The molecule has 0 aliphatic carbocycles. The Morgan fingerprint density at radius 2 is 0.650 bits per heavy atom. The summed E-state index contributed by atoms with van der Waals surface area (Å²) in [6.45, 7) is 6.84. The van der Waals surface area contributed by atoms with E-state index >= 15 is 0 Å². The van der Waals surface area contributed by atoms with Crippen molar-refractivity contribution in [3.63, 3.8) is 0 Å². The largest absolute Gasteiger partial charge is 0.0622 e. The Kier molecular flexibility index (Phi) is 8.50. The van der Waals surface area contributed by atoms with E-state index in [1.165, 1.54) is 115 Å². The second-order valence-corrected chi connectivity index (χ2v) is 17.3. The van der Waals surface area contributed by atoms with Crippen LogP contribution in [0.25, 0.3) is 109 Å². The third kappa shape index (κ3) is 6.24. The lowest BCUT2D eigenvalue weighted by Gasteiger charge is -2.22. The highest BCUT2D eigenvalue weighted by atomic mass is 14.2. The van der Waals surface area contributed by atoms with Crippen molar-refractivity contribution in [3.05, 3.63) is 218 Å². The predicted octanol–water partition coefficient (Wildman–Crippen LogP) is 17.1. The van der Waals surface area contributed by atoms with Gasteiger partial charge in [0.2, 0.25) is 0 Å². The Balaban J connectivity index is 1.26. The molecular weight excluding hydrogens is 721 g/mol. The lowest BCUT2D eigenvalue weighted by Crippen LogP contribution is -2.10. The summed E-state index contributed by atoms with van der Waals surface area (Å²) in [6.07, 6.45) is 0. The standard InChI is InChI=1S/C60H44/c1-60(2,3)51-29-25-41(26-30-51)47-27-31-52-53-32-28-48(55-36-46-20-12-11-19-45(46)35-54(55)42-15-5-4-6-16-42)38-57(53)59(50-24-22-40-14-8-10-18-44(40)34-50)58(56(52)37-47)49-23-21-39-13-7-9-17-43(39)33-49/h4-38H,1-3H3. The van der Waals surface area contributed by atoms with Crippen LogP contribution in [0.1, 0.15) is 26.3 Å². The molecule has 60 heavy (non-hydrogen) atoms. The van der Waals surface area contributed by atoms with E-state index in [0.717, 1.165) is 0 Å². The molecule has 0 radical (unpaired) electrons. The zero-order chi connectivity index (χ0) is 40.4. The van der Waals surface area contributed by atoms with Crippen molar-refractivity contribution in [1.29, 1.82) is 0 Å². The molecule has 11 aromatic carbocycles. The molecule has 0 amide bonds. The molecule has 0 atom stereocenters. The topological polar surface area (TPSA) is 0 Å². The van der Waals surface area contributed by atoms with Crippen molar-refractivity contribution in [2.75, 3.05) is 0 Å². The minimum Gasteiger partial charge on any atom is -0.0622 e. The van der Waals surface area contributed by atoms with E-state index in [4.69, 9.17) is 0 Å². The number of hydrogen-bond acceptors (Lipinski definition) is 0. The zero-order valence-electron chi connectivity index (χ0n) is 34.2. The molecule has 0 aliphatic heterocycles. The highest BCUT2D eigenvalue weighted by molar-refractivity contribution is 6.23. The minimum absolute atomic E-state index is 0.0897. The van der Waals surface area contributed by atoms with E-state index < -0.39 is 0 Å². The van der Waals surface area contributed by atoms with Gasteiger partial charge in [-0.25, -0.2) is 0 Å².